The van der Waals surface area contributed by atoms with Crippen LogP contribution in [0.25, 0.3) is 11.3 Å². The van der Waals surface area contributed by atoms with E-state index in [0.29, 0.717) is 21.5 Å². The van der Waals surface area contributed by atoms with Crippen LogP contribution in [0.3, 0.4) is 0 Å². The van der Waals surface area contributed by atoms with Gasteiger partial charge in [-0.15, -0.1) is 11.3 Å². The maximum absolute atomic E-state index is 13.1. The molecule has 3 N–H and O–H groups in total. The van der Waals surface area contributed by atoms with Crippen molar-refractivity contribution in [3.63, 3.8) is 0 Å². The van der Waals surface area contributed by atoms with Crippen LogP contribution in [-0.2, 0) is 6.18 Å². The quantitative estimate of drug-likeness (QED) is 0.268. The molecule has 0 fully saturated rings. The summed E-state index contributed by atoms with van der Waals surface area (Å²) in [7, 11) is 0. The summed E-state index contributed by atoms with van der Waals surface area (Å²) in [6.45, 7) is 0. The van der Waals surface area contributed by atoms with Crippen LogP contribution in [0.15, 0.2) is 78.2 Å². The molecule has 0 aliphatic rings. The predicted molar refractivity (Wildman–Crippen MR) is 126 cm³/mol. The van der Waals surface area contributed by atoms with Gasteiger partial charge in [0.15, 0.2) is 5.13 Å². The number of halogens is 4. The van der Waals surface area contributed by atoms with Gasteiger partial charge in [-0.1, -0.05) is 48.0 Å². The van der Waals surface area contributed by atoms with E-state index in [1.54, 1.807) is 24.3 Å². The highest BCUT2D eigenvalue weighted by molar-refractivity contribution is 7.14. The predicted octanol–water partition coefficient (Wildman–Crippen LogP) is 7.87. The lowest BCUT2D eigenvalue weighted by Gasteiger charge is -2.14. The fourth-order valence-corrected chi connectivity index (χ4v) is 3.94. The zero-order valence-electron chi connectivity index (χ0n) is 16.8. The summed E-state index contributed by atoms with van der Waals surface area (Å²) in [5, 5.41) is 11.0. The van der Waals surface area contributed by atoms with Crippen LogP contribution in [0.2, 0.25) is 5.02 Å². The molecule has 0 radical (unpaired) electrons. The second-order valence-electron chi connectivity index (χ2n) is 6.85. The molecule has 2 amide bonds. The largest absolute Gasteiger partial charge is 0.418 e. The molecule has 4 aromatic rings. The van der Waals surface area contributed by atoms with Crippen molar-refractivity contribution in [2.45, 2.75) is 6.18 Å². The van der Waals surface area contributed by atoms with Gasteiger partial charge < -0.3 is 16.0 Å². The maximum Gasteiger partial charge on any atom is 0.418 e. The number of rotatable bonds is 5. The minimum atomic E-state index is -4.58. The molecule has 0 bridgehead atoms. The van der Waals surface area contributed by atoms with Crippen molar-refractivity contribution in [3.05, 3.63) is 88.8 Å². The highest BCUT2D eigenvalue weighted by Crippen LogP contribution is 2.35. The minimum absolute atomic E-state index is 0.326. The fraction of sp³-hybridized carbons (Fsp3) is 0.0435. The molecule has 0 aliphatic carbocycles. The Bertz CT molecular complexity index is 1290. The van der Waals surface area contributed by atoms with Gasteiger partial charge in [0, 0.05) is 16.6 Å². The number of hydrogen-bond acceptors (Lipinski definition) is 4. The van der Waals surface area contributed by atoms with Gasteiger partial charge in [0.25, 0.3) is 0 Å². The van der Waals surface area contributed by atoms with Crippen molar-refractivity contribution in [3.8, 4) is 11.3 Å². The summed E-state index contributed by atoms with van der Waals surface area (Å²) in [6.07, 6.45) is -4.58. The molecule has 168 valence electrons. The molecule has 4 rings (SSSR count). The number of carbonyl (C=O) groups is 1. The highest BCUT2D eigenvalue weighted by Gasteiger charge is 2.33. The van der Waals surface area contributed by atoms with Crippen LogP contribution in [0, 0.1) is 0 Å². The van der Waals surface area contributed by atoms with E-state index in [1.165, 1.54) is 29.5 Å². The summed E-state index contributed by atoms with van der Waals surface area (Å²) in [4.78, 5) is 16.9. The lowest BCUT2D eigenvalue weighted by molar-refractivity contribution is -0.136. The molecule has 10 heteroatoms. The molecular weight excluding hydrogens is 473 g/mol. The lowest BCUT2D eigenvalue weighted by Crippen LogP contribution is -2.21. The van der Waals surface area contributed by atoms with E-state index in [9.17, 15) is 18.0 Å². The molecule has 0 spiro atoms. The molecule has 0 aliphatic heterocycles. The Morgan fingerprint density at radius 3 is 2.39 bits per heavy atom. The number of nitrogens with zero attached hydrogens (tertiary/aromatic N) is 1. The van der Waals surface area contributed by atoms with Crippen molar-refractivity contribution >= 4 is 51.2 Å². The number of amides is 2. The van der Waals surface area contributed by atoms with Crippen molar-refractivity contribution in [1.29, 1.82) is 0 Å². The number of hydrogen-bond donors (Lipinski definition) is 3. The molecular formula is C23H16ClF3N4OS. The van der Waals surface area contributed by atoms with Gasteiger partial charge in [-0.3, -0.25) is 0 Å². The third-order valence-electron chi connectivity index (χ3n) is 4.52. The Kier molecular flexibility index (Phi) is 6.52. The Morgan fingerprint density at radius 2 is 1.64 bits per heavy atom. The molecule has 1 aromatic heterocycles. The van der Waals surface area contributed by atoms with E-state index in [-0.39, 0.29) is 5.69 Å². The van der Waals surface area contributed by atoms with Gasteiger partial charge in [-0.25, -0.2) is 9.78 Å². The SMILES string of the molecule is O=C(Nc1cccc(-c2csc(Nc3ccccc3Cl)n2)c1)Nc1ccccc1C(F)(F)F. The summed E-state index contributed by atoms with van der Waals surface area (Å²) in [6, 6.07) is 18.1. The molecule has 0 atom stereocenters. The molecule has 0 saturated carbocycles. The van der Waals surface area contributed by atoms with Crippen molar-refractivity contribution in [2.75, 3.05) is 16.0 Å². The van der Waals surface area contributed by atoms with Crippen LogP contribution in [-0.4, -0.2) is 11.0 Å². The van der Waals surface area contributed by atoms with E-state index in [2.05, 4.69) is 20.9 Å². The van der Waals surface area contributed by atoms with Gasteiger partial charge in [0.1, 0.15) is 0 Å². The number of aromatic nitrogens is 1. The first kappa shape index (κ1) is 22.6. The average Bonchev–Trinajstić information content (AvgIpc) is 3.24. The standard InChI is InChI=1S/C23H16ClF3N4OS/c24-17-9-2-4-11-19(17)30-22-31-20(13-33-22)14-6-5-7-15(12-14)28-21(32)29-18-10-3-1-8-16(18)23(25,26)27/h1-13H,(H,30,31)(H2,28,29,32). The smallest absolute Gasteiger partial charge is 0.330 e. The zero-order chi connectivity index (χ0) is 23.4. The maximum atomic E-state index is 13.1. The molecule has 33 heavy (non-hydrogen) atoms. The Hall–Kier alpha value is -3.56. The second-order valence-corrected chi connectivity index (χ2v) is 8.11. The third kappa shape index (κ3) is 5.63. The minimum Gasteiger partial charge on any atom is -0.330 e. The van der Waals surface area contributed by atoms with Gasteiger partial charge in [0.2, 0.25) is 0 Å². The molecule has 0 saturated heterocycles. The number of nitrogens with one attached hydrogen (secondary N) is 3. The first-order valence-corrected chi connectivity index (χ1v) is 10.9. The number of para-hydroxylation sites is 2. The van der Waals surface area contributed by atoms with Crippen LogP contribution < -0.4 is 16.0 Å². The molecule has 1 heterocycles. The van der Waals surface area contributed by atoms with Crippen molar-refractivity contribution < 1.29 is 18.0 Å². The van der Waals surface area contributed by atoms with Crippen LogP contribution in [0.5, 0.6) is 0 Å². The van der Waals surface area contributed by atoms with Crippen LogP contribution >= 0.6 is 22.9 Å². The van der Waals surface area contributed by atoms with Gasteiger partial charge in [-0.05, 0) is 36.4 Å². The van der Waals surface area contributed by atoms with E-state index < -0.39 is 17.8 Å². The van der Waals surface area contributed by atoms with Crippen LogP contribution in [0.4, 0.5) is 40.2 Å². The number of benzene rings is 3. The number of urea groups is 1. The normalized spacial score (nSPS) is 11.2. The van der Waals surface area contributed by atoms with Crippen LogP contribution in [0.1, 0.15) is 5.56 Å². The van der Waals surface area contributed by atoms with E-state index >= 15 is 0 Å². The van der Waals surface area contributed by atoms with Crippen molar-refractivity contribution in [2.24, 2.45) is 0 Å². The average molecular weight is 489 g/mol. The van der Waals surface area contributed by atoms with Gasteiger partial charge in [0.05, 0.1) is 27.7 Å². The topological polar surface area (TPSA) is 66.0 Å². The lowest BCUT2D eigenvalue weighted by atomic mass is 10.1. The number of carbonyl (C=O) groups excluding carboxylic acids is 1. The monoisotopic (exact) mass is 488 g/mol. The van der Waals surface area contributed by atoms with E-state index in [0.717, 1.165) is 17.3 Å². The first-order chi connectivity index (χ1) is 15.8. The summed E-state index contributed by atoms with van der Waals surface area (Å²) in [5.41, 5.74) is 1.28. The summed E-state index contributed by atoms with van der Waals surface area (Å²) >= 11 is 7.55. The fourth-order valence-electron chi connectivity index (χ4n) is 3.02. The zero-order valence-corrected chi connectivity index (χ0v) is 18.4. The third-order valence-corrected chi connectivity index (χ3v) is 5.60. The van der Waals surface area contributed by atoms with E-state index in [1.807, 2.05) is 29.6 Å². The second kappa shape index (κ2) is 9.51. The van der Waals surface area contributed by atoms with Crippen molar-refractivity contribution in [1.82, 2.24) is 4.98 Å². The van der Waals surface area contributed by atoms with Gasteiger partial charge >= 0.3 is 12.2 Å². The number of anilines is 4. The first-order valence-electron chi connectivity index (χ1n) is 9.61. The Morgan fingerprint density at radius 1 is 0.909 bits per heavy atom. The summed E-state index contributed by atoms with van der Waals surface area (Å²) in [5.74, 6) is 0. The molecule has 5 nitrogen and oxygen atoms in total. The van der Waals surface area contributed by atoms with E-state index in [4.69, 9.17) is 11.6 Å². The molecule has 3 aromatic carbocycles. The number of thiazole rings is 1. The summed E-state index contributed by atoms with van der Waals surface area (Å²) < 4.78 is 39.4. The highest BCUT2D eigenvalue weighted by atomic mass is 35.5. The Balaban J connectivity index is 1.46. The van der Waals surface area contributed by atoms with Gasteiger partial charge in [-0.2, -0.15) is 13.2 Å². The molecule has 0 unspecified atom stereocenters. The Labute approximate surface area is 196 Å². The number of alkyl halides is 3.